The highest BCUT2D eigenvalue weighted by atomic mass is 32.2. The minimum Gasteiger partial charge on any atom is -0.445 e. The van der Waals surface area contributed by atoms with Crippen LogP contribution < -0.4 is 4.72 Å². The number of carbonyl (C=O) groups excluding carboxylic acids is 1. The first-order valence-corrected chi connectivity index (χ1v) is 10.8. The second kappa shape index (κ2) is 8.60. The number of hydrogen-bond acceptors (Lipinski definition) is 7. The zero-order chi connectivity index (χ0) is 18.4. The Bertz CT molecular complexity index is 685. The van der Waals surface area contributed by atoms with Gasteiger partial charge in [-0.1, -0.05) is 24.8 Å². The Hall–Kier alpha value is -1.43. The fourth-order valence-corrected chi connectivity index (χ4v) is 3.21. The predicted molar refractivity (Wildman–Crippen MR) is 88.4 cm³/mol. The van der Waals surface area contributed by atoms with Crippen molar-refractivity contribution < 1.29 is 30.6 Å². The Kier molecular flexibility index (Phi) is 7.39. The van der Waals surface area contributed by atoms with Gasteiger partial charge in [0.25, 0.3) is 10.1 Å². The summed E-state index contributed by atoms with van der Waals surface area (Å²) < 4.78 is 56.7. The smallest absolute Gasteiger partial charge is 0.410 e. The highest BCUT2D eigenvalue weighted by Gasteiger charge is 2.36. The molecule has 24 heavy (non-hydrogen) atoms. The summed E-state index contributed by atoms with van der Waals surface area (Å²) in [6.45, 7) is 3.58. The van der Waals surface area contributed by atoms with Gasteiger partial charge in [-0.25, -0.2) is 17.9 Å². The first-order chi connectivity index (χ1) is 11.0. The zero-order valence-electron chi connectivity index (χ0n) is 13.5. The third kappa shape index (κ3) is 7.90. The van der Waals surface area contributed by atoms with Gasteiger partial charge < -0.3 is 4.74 Å². The van der Waals surface area contributed by atoms with Gasteiger partial charge in [0, 0.05) is 13.0 Å². The Labute approximate surface area is 142 Å². The van der Waals surface area contributed by atoms with Crippen LogP contribution in [0, 0.1) is 0 Å². The average molecular weight is 382 g/mol. The maximum absolute atomic E-state index is 12.0. The lowest BCUT2D eigenvalue weighted by Crippen LogP contribution is -2.36. The Morgan fingerprint density at radius 1 is 1.33 bits per heavy atom. The van der Waals surface area contributed by atoms with Crippen molar-refractivity contribution in [3.05, 3.63) is 24.8 Å². The summed E-state index contributed by atoms with van der Waals surface area (Å²) in [5.41, 5.74) is 0. The van der Waals surface area contributed by atoms with E-state index in [0.717, 1.165) is 12.5 Å². The normalized spacial score (nSPS) is 22.0. The second-order valence-corrected chi connectivity index (χ2v) is 8.73. The highest BCUT2D eigenvalue weighted by molar-refractivity contribution is 7.88. The van der Waals surface area contributed by atoms with Gasteiger partial charge in [0.15, 0.2) is 0 Å². The molecule has 1 fully saturated rings. The lowest BCUT2D eigenvalue weighted by atomic mass is 10.2. The molecule has 2 unspecified atom stereocenters. The van der Waals surface area contributed by atoms with E-state index in [9.17, 15) is 21.6 Å². The van der Waals surface area contributed by atoms with E-state index in [-0.39, 0.29) is 26.1 Å². The van der Waals surface area contributed by atoms with Gasteiger partial charge in [-0.15, -0.1) is 0 Å². The fraction of sp³-hybridized carbons (Fsp3) is 0.615. The summed E-state index contributed by atoms with van der Waals surface area (Å²) in [6.07, 6.45) is 5.48. The van der Waals surface area contributed by atoms with Gasteiger partial charge >= 0.3 is 6.09 Å². The molecule has 1 heterocycles. The van der Waals surface area contributed by atoms with Crippen LogP contribution in [0.4, 0.5) is 4.79 Å². The van der Waals surface area contributed by atoms with E-state index in [1.807, 2.05) is 0 Å². The second-order valence-electron chi connectivity index (χ2n) is 5.29. The van der Waals surface area contributed by atoms with Crippen LogP contribution in [0.5, 0.6) is 0 Å². The number of nitrogens with zero attached hydrogens (tertiary/aromatic N) is 1. The Balaban J connectivity index is 2.76. The van der Waals surface area contributed by atoms with Crippen molar-refractivity contribution in [2.75, 3.05) is 32.2 Å². The molecule has 1 aliphatic heterocycles. The van der Waals surface area contributed by atoms with E-state index in [4.69, 9.17) is 8.92 Å². The van der Waals surface area contributed by atoms with E-state index in [1.165, 1.54) is 11.0 Å². The lowest BCUT2D eigenvalue weighted by molar-refractivity contribution is 0.109. The summed E-state index contributed by atoms with van der Waals surface area (Å²) in [7, 11) is -6.97. The molecule has 138 valence electrons. The fourth-order valence-electron chi connectivity index (χ4n) is 2.17. The molecule has 2 atom stereocenters. The number of ether oxygens (including phenoxy) is 1. The summed E-state index contributed by atoms with van der Waals surface area (Å²) >= 11 is 0. The third-order valence-corrected chi connectivity index (χ3v) is 4.31. The molecule has 9 nitrogen and oxygen atoms in total. The molecule has 1 N–H and O–H groups in total. The van der Waals surface area contributed by atoms with Crippen molar-refractivity contribution in [3.63, 3.8) is 0 Å². The third-order valence-electron chi connectivity index (χ3n) is 3.00. The van der Waals surface area contributed by atoms with Gasteiger partial charge in [-0.2, -0.15) is 8.42 Å². The minimum absolute atomic E-state index is 0.0268. The van der Waals surface area contributed by atoms with E-state index >= 15 is 0 Å². The van der Waals surface area contributed by atoms with E-state index in [1.54, 1.807) is 12.2 Å². The summed E-state index contributed by atoms with van der Waals surface area (Å²) in [5.74, 6) is 0. The number of rotatable bonds is 8. The molecule has 0 aromatic rings. The quantitative estimate of drug-likeness (QED) is 0.457. The first kappa shape index (κ1) is 20.6. The molecule has 1 rings (SSSR count). The predicted octanol–water partition coefficient (Wildman–Crippen LogP) is -0.166. The first-order valence-electron chi connectivity index (χ1n) is 7.05. The van der Waals surface area contributed by atoms with Gasteiger partial charge in [0.05, 0.1) is 31.2 Å². The van der Waals surface area contributed by atoms with Crippen molar-refractivity contribution in [2.24, 2.45) is 0 Å². The van der Waals surface area contributed by atoms with Crippen LogP contribution in [0.25, 0.3) is 0 Å². The molecule has 0 spiro atoms. The topological polar surface area (TPSA) is 119 Å². The summed E-state index contributed by atoms with van der Waals surface area (Å²) in [5, 5.41) is 0. The molecular weight excluding hydrogens is 360 g/mol. The van der Waals surface area contributed by atoms with Crippen LogP contribution >= 0.6 is 0 Å². The number of carbonyl (C=O) groups is 1. The number of nitrogens with one attached hydrogen (secondary N) is 1. The number of amides is 1. The highest BCUT2D eigenvalue weighted by Crippen LogP contribution is 2.23. The zero-order valence-corrected chi connectivity index (χ0v) is 15.2. The lowest BCUT2D eigenvalue weighted by Gasteiger charge is -2.20. The van der Waals surface area contributed by atoms with Crippen molar-refractivity contribution in [2.45, 2.75) is 18.6 Å². The largest absolute Gasteiger partial charge is 0.445 e. The van der Waals surface area contributed by atoms with Crippen LogP contribution in [-0.2, 0) is 29.1 Å². The molecule has 0 aliphatic carbocycles. The molecule has 1 amide bonds. The van der Waals surface area contributed by atoms with Crippen LogP contribution in [0.2, 0.25) is 0 Å². The Morgan fingerprint density at radius 3 is 2.54 bits per heavy atom. The maximum Gasteiger partial charge on any atom is 0.410 e. The van der Waals surface area contributed by atoms with E-state index in [2.05, 4.69) is 11.3 Å². The molecule has 0 radical (unpaired) electrons. The standard InChI is InChI=1S/C13H22N2O7S2/c1-4-8-21-13(16)15-10-12(22-24(3,19)20)9-11(15)6-5-7-14-23(2,17)18/h4-6,11-12,14H,1,7-10H2,2-3H3. The van der Waals surface area contributed by atoms with Gasteiger partial charge in [0.2, 0.25) is 10.0 Å². The van der Waals surface area contributed by atoms with Gasteiger partial charge in [-0.3, -0.25) is 9.08 Å². The Morgan fingerprint density at radius 2 is 2.00 bits per heavy atom. The van der Waals surface area contributed by atoms with Crippen molar-refractivity contribution >= 4 is 26.2 Å². The number of hydrogen-bond donors (Lipinski definition) is 1. The van der Waals surface area contributed by atoms with Crippen LogP contribution in [0.3, 0.4) is 0 Å². The molecule has 1 saturated heterocycles. The van der Waals surface area contributed by atoms with Crippen molar-refractivity contribution in [1.29, 1.82) is 0 Å². The van der Waals surface area contributed by atoms with Crippen LogP contribution in [0.15, 0.2) is 24.8 Å². The minimum atomic E-state index is -3.65. The van der Waals surface area contributed by atoms with E-state index in [0.29, 0.717) is 0 Å². The van der Waals surface area contributed by atoms with Gasteiger partial charge in [-0.05, 0) is 0 Å². The molecular formula is C13H22N2O7S2. The molecule has 1 aliphatic rings. The monoisotopic (exact) mass is 382 g/mol. The SMILES string of the molecule is C=CCOC(=O)N1CC(OS(C)(=O)=O)CC1C=CCNS(C)(=O)=O. The molecule has 11 heteroatoms. The summed E-state index contributed by atoms with van der Waals surface area (Å²) in [4.78, 5) is 13.4. The molecule has 0 saturated carbocycles. The number of sulfonamides is 1. The molecule has 0 aromatic heterocycles. The molecule has 0 bridgehead atoms. The van der Waals surface area contributed by atoms with Crippen molar-refractivity contribution in [1.82, 2.24) is 9.62 Å². The van der Waals surface area contributed by atoms with Gasteiger partial charge in [0.1, 0.15) is 6.61 Å². The van der Waals surface area contributed by atoms with Crippen LogP contribution in [0.1, 0.15) is 6.42 Å². The van der Waals surface area contributed by atoms with Crippen molar-refractivity contribution in [3.8, 4) is 0 Å². The molecule has 0 aromatic carbocycles. The average Bonchev–Trinajstić information content (AvgIpc) is 2.80. The maximum atomic E-state index is 12.0. The summed E-state index contributed by atoms with van der Waals surface area (Å²) in [6, 6.07) is -0.463. The number of likely N-dealkylation sites (tertiary alicyclic amines) is 1. The van der Waals surface area contributed by atoms with Crippen LogP contribution in [-0.4, -0.2) is 72.2 Å². The van der Waals surface area contributed by atoms with E-state index < -0.39 is 38.4 Å².